The molecule has 3 aromatic carbocycles. The van der Waals surface area contributed by atoms with Crippen molar-refractivity contribution >= 4 is 16.7 Å². The van der Waals surface area contributed by atoms with E-state index in [0.29, 0.717) is 5.91 Å². The minimum atomic E-state index is 0.194. The number of fused-ring (bicyclic) bond motifs is 1. The van der Waals surface area contributed by atoms with Gasteiger partial charge in [-0.1, -0.05) is 72.8 Å². The van der Waals surface area contributed by atoms with E-state index in [2.05, 4.69) is 87.5 Å². The number of amides is 1. The van der Waals surface area contributed by atoms with Gasteiger partial charge >= 0.3 is 0 Å². The lowest BCUT2D eigenvalue weighted by molar-refractivity contribution is -0.139. The van der Waals surface area contributed by atoms with Crippen LogP contribution in [0, 0.1) is 5.92 Å². The third kappa shape index (κ3) is 4.87. The fourth-order valence-corrected chi connectivity index (χ4v) is 5.24. The summed E-state index contributed by atoms with van der Waals surface area (Å²) in [6, 6.07) is 25.8. The van der Waals surface area contributed by atoms with Gasteiger partial charge in [-0.2, -0.15) is 0 Å². The van der Waals surface area contributed by atoms with Crippen molar-refractivity contribution in [3.63, 3.8) is 0 Å². The molecule has 0 bridgehead atoms. The largest absolute Gasteiger partial charge is 0.340 e. The number of carbonyl (C=O) groups is 1. The molecule has 32 heavy (non-hydrogen) atoms. The van der Waals surface area contributed by atoms with E-state index in [1.165, 1.54) is 21.9 Å². The van der Waals surface area contributed by atoms with Gasteiger partial charge in [-0.25, -0.2) is 0 Å². The average Bonchev–Trinajstić information content (AvgIpc) is 2.85. The highest BCUT2D eigenvalue weighted by Gasteiger charge is 2.30. The molecule has 0 aliphatic carbocycles. The van der Waals surface area contributed by atoms with Gasteiger partial charge in [0, 0.05) is 45.2 Å². The second-order valence-electron chi connectivity index (χ2n) is 9.28. The molecule has 0 unspecified atom stereocenters. The van der Waals surface area contributed by atoms with Crippen LogP contribution in [0.15, 0.2) is 72.8 Å². The maximum Gasteiger partial charge on any atom is 0.225 e. The van der Waals surface area contributed by atoms with Gasteiger partial charge in [-0.15, -0.1) is 0 Å². The highest BCUT2D eigenvalue weighted by molar-refractivity contribution is 5.85. The number of benzene rings is 3. The Hall–Kier alpha value is -2.69. The van der Waals surface area contributed by atoms with Crippen LogP contribution in [0.4, 0.5) is 0 Å². The molecule has 0 aromatic heterocycles. The topological polar surface area (TPSA) is 26.8 Å². The lowest BCUT2D eigenvalue weighted by atomic mass is 9.94. The van der Waals surface area contributed by atoms with Gasteiger partial charge in [0.2, 0.25) is 5.91 Å². The summed E-state index contributed by atoms with van der Waals surface area (Å²) in [7, 11) is 0. The molecular weight excluding hydrogens is 394 g/mol. The maximum absolute atomic E-state index is 13.1. The molecular formula is C28H33N3O. The van der Waals surface area contributed by atoms with E-state index in [0.717, 1.165) is 65.2 Å². The van der Waals surface area contributed by atoms with E-state index in [1.54, 1.807) is 0 Å². The van der Waals surface area contributed by atoms with Crippen LogP contribution in [-0.4, -0.2) is 59.9 Å². The average molecular weight is 428 g/mol. The Morgan fingerprint density at radius 3 is 2.12 bits per heavy atom. The second kappa shape index (κ2) is 9.85. The van der Waals surface area contributed by atoms with Crippen LogP contribution in [0.5, 0.6) is 0 Å². The van der Waals surface area contributed by atoms with Gasteiger partial charge in [0.25, 0.3) is 0 Å². The number of rotatable bonds is 5. The predicted octanol–water partition coefficient (Wildman–Crippen LogP) is 4.40. The Morgan fingerprint density at radius 1 is 0.688 bits per heavy atom. The van der Waals surface area contributed by atoms with Gasteiger partial charge in [0.1, 0.15) is 0 Å². The third-order valence-corrected chi connectivity index (χ3v) is 7.14. The van der Waals surface area contributed by atoms with Crippen molar-refractivity contribution < 1.29 is 4.79 Å². The lowest BCUT2D eigenvalue weighted by Gasteiger charge is -2.38. The highest BCUT2D eigenvalue weighted by Crippen LogP contribution is 2.25. The summed E-state index contributed by atoms with van der Waals surface area (Å²) >= 11 is 0. The van der Waals surface area contributed by atoms with Gasteiger partial charge in [-0.3, -0.25) is 14.6 Å². The number of hydrogen-bond donors (Lipinski definition) is 0. The Morgan fingerprint density at radius 2 is 1.34 bits per heavy atom. The zero-order chi connectivity index (χ0) is 21.8. The second-order valence-corrected chi connectivity index (χ2v) is 9.28. The van der Waals surface area contributed by atoms with Crippen LogP contribution in [0.3, 0.4) is 0 Å². The van der Waals surface area contributed by atoms with Crippen molar-refractivity contribution in [2.75, 3.05) is 39.3 Å². The molecule has 2 aliphatic heterocycles. The smallest absolute Gasteiger partial charge is 0.225 e. The Kier molecular flexibility index (Phi) is 6.51. The quantitative estimate of drug-likeness (QED) is 0.604. The van der Waals surface area contributed by atoms with Crippen molar-refractivity contribution in [3.05, 3.63) is 83.9 Å². The SMILES string of the molecule is O=C(C1CCN(Cc2cccc3ccccc23)CC1)N1CCN(Cc2ccccc2)CC1. The fraction of sp³-hybridized carbons (Fsp3) is 0.393. The Balaban J connectivity index is 1.10. The zero-order valence-electron chi connectivity index (χ0n) is 18.8. The minimum absolute atomic E-state index is 0.194. The van der Waals surface area contributed by atoms with Crippen LogP contribution in [0.25, 0.3) is 10.8 Å². The van der Waals surface area contributed by atoms with Gasteiger partial charge in [0.15, 0.2) is 0 Å². The molecule has 2 saturated heterocycles. The van der Waals surface area contributed by atoms with Crippen molar-refractivity contribution in [3.8, 4) is 0 Å². The van der Waals surface area contributed by atoms with Crippen molar-refractivity contribution in [1.29, 1.82) is 0 Å². The summed E-state index contributed by atoms with van der Waals surface area (Å²) in [6.45, 7) is 7.64. The normalized spacial score (nSPS) is 18.8. The molecule has 5 rings (SSSR count). The van der Waals surface area contributed by atoms with Crippen LogP contribution >= 0.6 is 0 Å². The number of carbonyl (C=O) groups excluding carboxylic acids is 1. The van der Waals surface area contributed by atoms with Crippen LogP contribution < -0.4 is 0 Å². The standard InChI is InChI=1S/C28H33N3O/c32-28(31-19-17-30(18-20-31)21-23-7-2-1-3-8-23)25-13-15-29(16-14-25)22-26-11-6-10-24-9-4-5-12-27(24)26/h1-12,25H,13-22H2. The molecule has 0 atom stereocenters. The Bertz CT molecular complexity index is 1030. The van der Waals surface area contributed by atoms with Crippen molar-refractivity contribution in [2.45, 2.75) is 25.9 Å². The first-order valence-electron chi connectivity index (χ1n) is 12.0. The lowest BCUT2D eigenvalue weighted by Crippen LogP contribution is -2.51. The number of piperidine rings is 1. The summed E-state index contributed by atoms with van der Waals surface area (Å²) < 4.78 is 0. The highest BCUT2D eigenvalue weighted by atomic mass is 16.2. The van der Waals surface area contributed by atoms with E-state index in [9.17, 15) is 4.79 Å². The summed E-state index contributed by atoms with van der Waals surface area (Å²) in [5, 5.41) is 2.66. The summed E-state index contributed by atoms with van der Waals surface area (Å²) in [4.78, 5) is 20.2. The van der Waals surface area contributed by atoms with Crippen molar-refractivity contribution in [1.82, 2.24) is 14.7 Å². The van der Waals surface area contributed by atoms with Crippen LogP contribution in [0.2, 0.25) is 0 Å². The van der Waals surface area contributed by atoms with Crippen LogP contribution in [-0.2, 0) is 17.9 Å². The van der Waals surface area contributed by atoms with Gasteiger partial charge in [-0.05, 0) is 47.8 Å². The summed E-state index contributed by atoms with van der Waals surface area (Å²) in [6.07, 6.45) is 1.96. The van der Waals surface area contributed by atoms with Gasteiger partial charge < -0.3 is 4.90 Å². The van der Waals surface area contributed by atoms with E-state index >= 15 is 0 Å². The molecule has 0 radical (unpaired) electrons. The van der Waals surface area contributed by atoms with E-state index in [4.69, 9.17) is 0 Å². The van der Waals surface area contributed by atoms with E-state index in [1.807, 2.05) is 0 Å². The Labute approximate surface area is 191 Å². The van der Waals surface area contributed by atoms with E-state index < -0.39 is 0 Å². The van der Waals surface area contributed by atoms with Crippen molar-refractivity contribution in [2.24, 2.45) is 5.92 Å². The molecule has 0 saturated carbocycles. The molecule has 0 N–H and O–H groups in total. The number of nitrogens with zero attached hydrogens (tertiary/aromatic N) is 3. The molecule has 4 heteroatoms. The molecule has 3 aromatic rings. The first-order chi connectivity index (χ1) is 15.8. The molecule has 166 valence electrons. The molecule has 2 heterocycles. The predicted molar refractivity (Wildman–Crippen MR) is 130 cm³/mol. The third-order valence-electron chi connectivity index (χ3n) is 7.14. The zero-order valence-corrected chi connectivity index (χ0v) is 18.8. The minimum Gasteiger partial charge on any atom is -0.340 e. The first-order valence-corrected chi connectivity index (χ1v) is 12.0. The number of likely N-dealkylation sites (tertiary alicyclic amines) is 1. The summed E-state index contributed by atoms with van der Waals surface area (Å²) in [5.41, 5.74) is 2.74. The molecule has 1 amide bonds. The number of piperazine rings is 1. The molecule has 4 nitrogen and oxygen atoms in total. The number of hydrogen-bond acceptors (Lipinski definition) is 3. The fourth-order valence-electron chi connectivity index (χ4n) is 5.24. The molecule has 2 aliphatic rings. The van der Waals surface area contributed by atoms with Gasteiger partial charge in [0.05, 0.1) is 0 Å². The maximum atomic E-state index is 13.1. The molecule has 2 fully saturated rings. The monoisotopic (exact) mass is 427 g/mol. The van der Waals surface area contributed by atoms with Crippen LogP contribution in [0.1, 0.15) is 24.0 Å². The molecule has 0 spiro atoms. The van der Waals surface area contributed by atoms with E-state index in [-0.39, 0.29) is 5.92 Å². The summed E-state index contributed by atoms with van der Waals surface area (Å²) in [5.74, 6) is 0.577. The first kappa shape index (κ1) is 21.2.